The van der Waals surface area contributed by atoms with E-state index >= 15 is 0 Å². The largest absolute Gasteiger partial charge is 0.373 e. The minimum absolute atomic E-state index is 0.156. The van der Waals surface area contributed by atoms with Gasteiger partial charge in [0.2, 0.25) is 0 Å². The summed E-state index contributed by atoms with van der Waals surface area (Å²) in [7, 11) is 2.12. The van der Waals surface area contributed by atoms with Crippen LogP contribution in [0.3, 0.4) is 0 Å². The zero-order valence-corrected chi connectivity index (χ0v) is 13.5. The lowest BCUT2D eigenvalue weighted by atomic mass is 10.1. The molecule has 1 heterocycles. The fourth-order valence-electron chi connectivity index (χ4n) is 3.26. The summed E-state index contributed by atoms with van der Waals surface area (Å²) in [6.07, 6.45) is 2.56. The first-order valence-corrected chi connectivity index (χ1v) is 8.10. The van der Waals surface area contributed by atoms with Gasteiger partial charge in [-0.05, 0) is 56.2 Å². The third-order valence-electron chi connectivity index (χ3n) is 4.41. The molecule has 1 fully saturated rings. The molecule has 1 atom stereocenters. The van der Waals surface area contributed by atoms with Gasteiger partial charge in [0, 0.05) is 31.9 Å². The molecule has 1 aromatic rings. The molecule has 0 amide bonds. The molecule has 0 saturated carbocycles. The number of likely N-dealkylation sites (tertiary alicyclic amines) is 1. The van der Waals surface area contributed by atoms with Gasteiger partial charge < -0.3 is 10.2 Å². The molecule has 0 aromatic heterocycles. The summed E-state index contributed by atoms with van der Waals surface area (Å²) in [4.78, 5) is 4.83. The number of likely N-dealkylation sites (N-methyl/N-ethyl adjacent to an activating group) is 2. The second kappa shape index (κ2) is 7.76. The van der Waals surface area contributed by atoms with E-state index in [2.05, 4.69) is 36.0 Å². The van der Waals surface area contributed by atoms with Crippen LogP contribution in [-0.4, -0.2) is 44.2 Å². The van der Waals surface area contributed by atoms with Gasteiger partial charge in [0.1, 0.15) is 5.82 Å². The van der Waals surface area contributed by atoms with Gasteiger partial charge in [-0.25, -0.2) is 4.39 Å². The zero-order chi connectivity index (χ0) is 15.2. The van der Waals surface area contributed by atoms with E-state index in [1.165, 1.54) is 19.4 Å². The second-order valence-corrected chi connectivity index (χ2v) is 5.86. The maximum Gasteiger partial charge on any atom is 0.123 e. The van der Waals surface area contributed by atoms with E-state index in [1.54, 1.807) is 12.1 Å². The van der Waals surface area contributed by atoms with Crippen molar-refractivity contribution in [2.75, 3.05) is 38.1 Å². The lowest BCUT2D eigenvalue weighted by molar-refractivity contribution is 0.270. The molecule has 0 bridgehead atoms. The summed E-state index contributed by atoms with van der Waals surface area (Å²) in [6, 6.07) is 5.75. The molecule has 0 spiro atoms. The minimum Gasteiger partial charge on any atom is -0.373 e. The Labute approximate surface area is 128 Å². The van der Waals surface area contributed by atoms with E-state index in [-0.39, 0.29) is 5.82 Å². The first kappa shape index (κ1) is 16.2. The highest BCUT2D eigenvalue weighted by Gasteiger charge is 2.24. The maximum atomic E-state index is 13.5. The van der Waals surface area contributed by atoms with Crippen LogP contribution in [0.15, 0.2) is 18.2 Å². The highest BCUT2D eigenvalue weighted by Crippen LogP contribution is 2.24. The van der Waals surface area contributed by atoms with Gasteiger partial charge in [-0.15, -0.1) is 0 Å². The molecule has 1 aromatic carbocycles. The van der Waals surface area contributed by atoms with Crippen molar-refractivity contribution in [3.63, 3.8) is 0 Å². The number of hydrogen-bond donors (Lipinski definition) is 1. The van der Waals surface area contributed by atoms with Crippen molar-refractivity contribution in [1.29, 1.82) is 0 Å². The van der Waals surface area contributed by atoms with Crippen LogP contribution >= 0.6 is 0 Å². The van der Waals surface area contributed by atoms with Gasteiger partial charge in [-0.2, -0.15) is 0 Å². The highest BCUT2D eigenvalue weighted by molar-refractivity contribution is 5.53. The number of nitrogens with one attached hydrogen (secondary N) is 1. The number of halogens is 1. The van der Waals surface area contributed by atoms with Gasteiger partial charge >= 0.3 is 0 Å². The minimum atomic E-state index is -0.156. The fourth-order valence-corrected chi connectivity index (χ4v) is 3.26. The SMILES string of the molecule is CCNCc1cc(F)ccc1N(C)CC1CCCN1CC. The Morgan fingerprint density at radius 3 is 2.90 bits per heavy atom. The standard InChI is InChI=1S/C17H28FN3/c1-4-19-12-14-11-15(18)8-9-17(14)20(3)13-16-7-6-10-21(16)5-2/h8-9,11,16,19H,4-7,10,12-13H2,1-3H3. The van der Waals surface area contributed by atoms with E-state index in [1.807, 2.05) is 6.07 Å². The van der Waals surface area contributed by atoms with Gasteiger partial charge in [0.15, 0.2) is 0 Å². The van der Waals surface area contributed by atoms with Crippen LogP contribution in [0.2, 0.25) is 0 Å². The topological polar surface area (TPSA) is 18.5 Å². The van der Waals surface area contributed by atoms with Crippen LogP contribution in [0.5, 0.6) is 0 Å². The van der Waals surface area contributed by atoms with E-state index in [0.717, 1.165) is 37.4 Å². The number of rotatable bonds is 7. The summed E-state index contributed by atoms with van der Waals surface area (Å²) >= 11 is 0. The van der Waals surface area contributed by atoms with Crippen molar-refractivity contribution < 1.29 is 4.39 Å². The van der Waals surface area contributed by atoms with Gasteiger partial charge in [0.25, 0.3) is 0 Å². The highest BCUT2D eigenvalue weighted by atomic mass is 19.1. The van der Waals surface area contributed by atoms with Crippen LogP contribution in [-0.2, 0) is 6.54 Å². The van der Waals surface area contributed by atoms with Crippen molar-refractivity contribution in [3.8, 4) is 0 Å². The van der Waals surface area contributed by atoms with E-state index < -0.39 is 0 Å². The predicted octanol–water partition coefficient (Wildman–Crippen LogP) is 2.86. The quantitative estimate of drug-likeness (QED) is 0.834. The van der Waals surface area contributed by atoms with Crippen LogP contribution < -0.4 is 10.2 Å². The number of anilines is 1. The van der Waals surface area contributed by atoms with E-state index in [9.17, 15) is 4.39 Å². The average Bonchev–Trinajstić information content (AvgIpc) is 2.92. The lowest BCUT2D eigenvalue weighted by Crippen LogP contribution is -2.39. The third kappa shape index (κ3) is 4.17. The maximum absolute atomic E-state index is 13.5. The molecule has 1 aliphatic heterocycles. The molecule has 118 valence electrons. The molecule has 1 saturated heterocycles. The summed E-state index contributed by atoms with van der Waals surface area (Å²) in [5.41, 5.74) is 2.18. The molecular weight excluding hydrogens is 265 g/mol. The third-order valence-corrected chi connectivity index (χ3v) is 4.41. The van der Waals surface area contributed by atoms with Crippen LogP contribution in [0, 0.1) is 5.82 Å². The van der Waals surface area contributed by atoms with Crippen molar-refractivity contribution in [2.45, 2.75) is 39.3 Å². The Bertz CT molecular complexity index is 450. The molecular formula is C17H28FN3. The van der Waals surface area contributed by atoms with Crippen LogP contribution in [0.4, 0.5) is 10.1 Å². The fraction of sp³-hybridized carbons (Fsp3) is 0.647. The van der Waals surface area contributed by atoms with Gasteiger partial charge in [-0.3, -0.25) is 4.90 Å². The molecule has 3 nitrogen and oxygen atoms in total. The van der Waals surface area contributed by atoms with Crippen molar-refractivity contribution in [2.24, 2.45) is 0 Å². The molecule has 1 unspecified atom stereocenters. The zero-order valence-electron chi connectivity index (χ0n) is 13.5. The summed E-state index contributed by atoms with van der Waals surface area (Å²) in [5.74, 6) is -0.156. The van der Waals surface area contributed by atoms with Crippen LogP contribution in [0.1, 0.15) is 32.3 Å². The Morgan fingerprint density at radius 1 is 1.38 bits per heavy atom. The Balaban J connectivity index is 2.08. The summed E-state index contributed by atoms with van der Waals surface area (Å²) < 4.78 is 13.5. The average molecular weight is 293 g/mol. The molecule has 1 N–H and O–H groups in total. The predicted molar refractivity (Wildman–Crippen MR) is 87.3 cm³/mol. The first-order valence-electron chi connectivity index (χ1n) is 8.10. The molecule has 1 aliphatic rings. The lowest BCUT2D eigenvalue weighted by Gasteiger charge is -2.30. The molecule has 2 rings (SSSR count). The number of nitrogens with zero attached hydrogens (tertiary/aromatic N) is 2. The second-order valence-electron chi connectivity index (χ2n) is 5.86. The van der Waals surface area contributed by atoms with E-state index in [4.69, 9.17) is 0 Å². The monoisotopic (exact) mass is 293 g/mol. The van der Waals surface area contributed by atoms with Crippen molar-refractivity contribution in [3.05, 3.63) is 29.6 Å². The Kier molecular flexibility index (Phi) is 6.00. The summed E-state index contributed by atoms with van der Waals surface area (Å²) in [5, 5.41) is 3.30. The Morgan fingerprint density at radius 2 is 2.19 bits per heavy atom. The molecule has 21 heavy (non-hydrogen) atoms. The first-order chi connectivity index (χ1) is 10.2. The van der Waals surface area contributed by atoms with E-state index in [0.29, 0.717) is 6.04 Å². The van der Waals surface area contributed by atoms with Crippen molar-refractivity contribution >= 4 is 5.69 Å². The van der Waals surface area contributed by atoms with Gasteiger partial charge in [-0.1, -0.05) is 13.8 Å². The van der Waals surface area contributed by atoms with Crippen molar-refractivity contribution in [1.82, 2.24) is 10.2 Å². The smallest absolute Gasteiger partial charge is 0.123 e. The molecule has 0 aliphatic carbocycles. The Hall–Kier alpha value is -1.13. The number of benzene rings is 1. The van der Waals surface area contributed by atoms with Gasteiger partial charge in [0.05, 0.1) is 0 Å². The normalized spacial score (nSPS) is 19.1. The summed E-state index contributed by atoms with van der Waals surface area (Å²) in [6.45, 7) is 9.25. The molecule has 0 radical (unpaired) electrons. The van der Waals surface area contributed by atoms with Crippen LogP contribution in [0.25, 0.3) is 0 Å². The number of hydrogen-bond acceptors (Lipinski definition) is 3. The molecule has 4 heteroatoms.